The van der Waals surface area contributed by atoms with Crippen molar-refractivity contribution in [2.45, 2.75) is 51.5 Å². The van der Waals surface area contributed by atoms with E-state index in [1.165, 1.54) is 0 Å². The zero-order valence-electron chi connectivity index (χ0n) is 12.2. The molecule has 0 heterocycles. The molecule has 20 heavy (non-hydrogen) atoms. The van der Waals surface area contributed by atoms with E-state index in [0.717, 1.165) is 13.2 Å². The highest BCUT2D eigenvalue weighted by Gasteiger charge is 2.29. The second-order valence-electron chi connectivity index (χ2n) is 3.96. The molecule has 0 aliphatic carbocycles. The van der Waals surface area contributed by atoms with Gasteiger partial charge in [0.05, 0.1) is 13.2 Å². The second-order valence-corrected chi connectivity index (χ2v) is 3.96. The lowest BCUT2D eigenvalue weighted by Gasteiger charge is -2.24. The van der Waals surface area contributed by atoms with Crippen molar-refractivity contribution in [1.82, 2.24) is 0 Å². The molecule has 0 unspecified atom stereocenters. The topological polar surface area (TPSA) is 140 Å². The van der Waals surface area contributed by atoms with Gasteiger partial charge in [0.1, 0.15) is 24.4 Å². The predicted octanol–water partition coefficient (Wildman–Crippen LogP) is -2.18. The normalized spacial score (nSPS) is 17.1. The van der Waals surface area contributed by atoms with Crippen molar-refractivity contribution in [3.8, 4) is 0 Å². The lowest BCUT2D eigenvalue weighted by atomic mass is 10.0. The molecule has 124 valence electrons. The molecule has 0 radical (unpaired) electrons. The van der Waals surface area contributed by atoms with Crippen LogP contribution in [0.2, 0.25) is 0 Å². The Balaban J connectivity index is 0. The zero-order valence-corrected chi connectivity index (χ0v) is 12.2. The van der Waals surface area contributed by atoms with Crippen molar-refractivity contribution in [1.29, 1.82) is 0 Å². The van der Waals surface area contributed by atoms with Crippen molar-refractivity contribution in [3.63, 3.8) is 0 Å². The van der Waals surface area contributed by atoms with E-state index in [1.807, 2.05) is 20.8 Å². The smallest absolute Gasteiger partial charge is 0.154 e. The van der Waals surface area contributed by atoms with Crippen molar-refractivity contribution in [3.05, 3.63) is 0 Å². The van der Waals surface area contributed by atoms with Crippen LogP contribution >= 0.6 is 0 Å². The Morgan fingerprint density at radius 3 is 1.25 bits per heavy atom. The molecule has 0 aromatic carbocycles. The van der Waals surface area contributed by atoms with Crippen molar-refractivity contribution < 1.29 is 40.1 Å². The van der Waals surface area contributed by atoms with E-state index in [2.05, 4.69) is 0 Å². The Bertz CT molecular complexity index is 184. The standard InChI is InChI=1S/C6H14O6.C6H14O2/c7-1-3(9)5(11)6(12)4(10)2-8;1-4-7-6(3)8-5-2/h3-12H,1-2H2;6H,4-5H2,1-3H3/t3-,4+,5-,6-;/m1./s1. The summed E-state index contributed by atoms with van der Waals surface area (Å²) in [6.45, 7) is 5.80. The van der Waals surface area contributed by atoms with E-state index in [9.17, 15) is 0 Å². The molecule has 8 heteroatoms. The molecule has 0 aromatic heterocycles. The van der Waals surface area contributed by atoms with Crippen LogP contribution in [0.15, 0.2) is 0 Å². The maximum atomic E-state index is 8.96. The molecule has 0 aromatic rings. The summed E-state index contributed by atoms with van der Waals surface area (Å²) >= 11 is 0. The van der Waals surface area contributed by atoms with Crippen molar-refractivity contribution >= 4 is 0 Å². The fourth-order valence-corrected chi connectivity index (χ4v) is 1.19. The lowest BCUT2D eigenvalue weighted by molar-refractivity contribution is -0.123. The first-order chi connectivity index (χ1) is 9.35. The van der Waals surface area contributed by atoms with Gasteiger partial charge in [0.25, 0.3) is 0 Å². The van der Waals surface area contributed by atoms with E-state index in [4.69, 9.17) is 40.1 Å². The van der Waals surface area contributed by atoms with E-state index in [1.54, 1.807) is 0 Å². The highest BCUT2D eigenvalue weighted by Crippen LogP contribution is 2.04. The molecule has 8 nitrogen and oxygen atoms in total. The summed E-state index contributed by atoms with van der Waals surface area (Å²) in [4.78, 5) is 0. The molecule has 0 aliphatic rings. The molecule has 4 atom stereocenters. The third-order valence-electron chi connectivity index (χ3n) is 2.32. The fourth-order valence-electron chi connectivity index (χ4n) is 1.19. The first kappa shape index (κ1) is 22.0. The molecule has 0 bridgehead atoms. The maximum absolute atomic E-state index is 8.96. The number of ether oxygens (including phenoxy) is 2. The molecular weight excluding hydrogens is 272 g/mol. The summed E-state index contributed by atoms with van der Waals surface area (Å²) in [7, 11) is 0. The van der Waals surface area contributed by atoms with Crippen LogP contribution in [0.4, 0.5) is 0 Å². The van der Waals surface area contributed by atoms with Gasteiger partial charge in [0, 0.05) is 13.2 Å². The van der Waals surface area contributed by atoms with E-state index < -0.39 is 37.6 Å². The average molecular weight is 300 g/mol. The van der Waals surface area contributed by atoms with Gasteiger partial charge in [-0.25, -0.2) is 0 Å². The number of hydrogen-bond donors (Lipinski definition) is 6. The van der Waals surface area contributed by atoms with Crippen LogP contribution in [0.1, 0.15) is 20.8 Å². The highest BCUT2D eigenvalue weighted by molar-refractivity contribution is 4.79. The third kappa shape index (κ3) is 10.5. The molecule has 0 saturated heterocycles. The van der Waals surface area contributed by atoms with Crippen LogP contribution in [-0.4, -0.2) is 87.8 Å². The Morgan fingerprint density at radius 2 is 1.05 bits per heavy atom. The second kappa shape index (κ2) is 13.7. The van der Waals surface area contributed by atoms with Crippen LogP contribution in [-0.2, 0) is 9.47 Å². The van der Waals surface area contributed by atoms with Gasteiger partial charge in [0.15, 0.2) is 6.29 Å². The van der Waals surface area contributed by atoms with Crippen LogP contribution in [0.25, 0.3) is 0 Å². The number of hydrogen-bond acceptors (Lipinski definition) is 8. The average Bonchev–Trinajstić information content (AvgIpc) is 2.45. The van der Waals surface area contributed by atoms with Crippen LogP contribution < -0.4 is 0 Å². The molecule has 0 rings (SSSR count). The first-order valence-corrected chi connectivity index (χ1v) is 6.52. The molecule has 0 amide bonds. The van der Waals surface area contributed by atoms with Gasteiger partial charge in [-0.05, 0) is 20.8 Å². The summed E-state index contributed by atoms with van der Waals surface area (Å²) < 4.78 is 10.1. The molecule has 0 saturated carbocycles. The first-order valence-electron chi connectivity index (χ1n) is 6.52. The highest BCUT2D eigenvalue weighted by atomic mass is 16.7. The van der Waals surface area contributed by atoms with Gasteiger partial charge >= 0.3 is 0 Å². The Hall–Kier alpha value is -0.320. The molecule has 0 spiro atoms. The van der Waals surface area contributed by atoms with E-state index >= 15 is 0 Å². The molecule has 0 fully saturated rings. The summed E-state index contributed by atoms with van der Waals surface area (Å²) in [5.74, 6) is 0. The van der Waals surface area contributed by atoms with Gasteiger partial charge in [0.2, 0.25) is 0 Å². The minimum absolute atomic E-state index is 0.0370. The minimum atomic E-state index is -1.67. The molecular formula is C12H28O8. The van der Waals surface area contributed by atoms with E-state index in [-0.39, 0.29) is 6.29 Å². The SMILES string of the molecule is CCOC(C)OCC.OC[C@@H](O)[C@@H](O)[C@H](O)[C@@H](O)CO. The van der Waals surface area contributed by atoms with Crippen LogP contribution in [0.5, 0.6) is 0 Å². The fraction of sp³-hybridized carbons (Fsp3) is 1.00. The van der Waals surface area contributed by atoms with Crippen molar-refractivity contribution in [2.24, 2.45) is 0 Å². The zero-order chi connectivity index (χ0) is 16.1. The van der Waals surface area contributed by atoms with Crippen LogP contribution in [0, 0.1) is 0 Å². The van der Waals surface area contributed by atoms with Gasteiger partial charge in [-0.3, -0.25) is 0 Å². The third-order valence-corrected chi connectivity index (χ3v) is 2.32. The summed E-state index contributed by atoms with van der Waals surface area (Å²) in [5.41, 5.74) is 0. The van der Waals surface area contributed by atoms with Crippen molar-refractivity contribution in [2.75, 3.05) is 26.4 Å². The summed E-state index contributed by atoms with van der Waals surface area (Å²) in [6.07, 6.45) is -6.43. The minimum Gasteiger partial charge on any atom is -0.394 e. The summed E-state index contributed by atoms with van der Waals surface area (Å²) in [5, 5.41) is 52.2. The number of rotatable bonds is 9. The molecule has 0 aliphatic heterocycles. The van der Waals surface area contributed by atoms with Gasteiger partial charge in [-0.1, -0.05) is 0 Å². The predicted molar refractivity (Wildman–Crippen MR) is 70.9 cm³/mol. The van der Waals surface area contributed by atoms with E-state index in [0.29, 0.717) is 0 Å². The quantitative estimate of drug-likeness (QED) is 0.264. The number of aliphatic hydroxyl groups is 6. The maximum Gasteiger partial charge on any atom is 0.154 e. The lowest BCUT2D eigenvalue weighted by Crippen LogP contribution is -2.46. The van der Waals surface area contributed by atoms with Gasteiger partial charge < -0.3 is 40.1 Å². The Labute approximate surface area is 119 Å². The summed E-state index contributed by atoms with van der Waals surface area (Å²) in [6, 6.07) is 0. The number of aliphatic hydroxyl groups excluding tert-OH is 6. The van der Waals surface area contributed by atoms with Crippen LogP contribution in [0.3, 0.4) is 0 Å². The van der Waals surface area contributed by atoms with Gasteiger partial charge in [-0.2, -0.15) is 0 Å². The molecule has 6 N–H and O–H groups in total. The largest absolute Gasteiger partial charge is 0.394 e. The Kier molecular flexibility index (Phi) is 15.0. The monoisotopic (exact) mass is 300 g/mol. The van der Waals surface area contributed by atoms with Gasteiger partial charge in [-0.15, -0.1) is 0 Å². The Morgan fingerprint density at radius 1 is 0.750 bits per heavy atom.